The van der Waals surface area contributed by atoms with E-state index in [-0.39, 0.29) is 23.1 Å². The van der Waals surface area contributed by atoms with Crippen molar-refractivity contribution in [3.63, 3.8) is 0 Å². The van der Waals surface area contributed by atoms with Crippen molar-refractivity contribution in [3.8, 4) is 5.88 Å². The molecule has 2 heterocycles. The number of halogens is 5. The third kappa shape index (κ3) is 5.97. The van der Waals surface area contributed by atoms with Gasteiger partial charge in [0.1, 0.15) is 10.8 Å². The largest absolute Gasteiger partial charge is 0.467 e. The lowest BCUT2D eigenvalue weighted by Crippen LogP contribution is -2.21. The van der Waals surface area contributed by atoms with Gasteiger partial charge in [0.2, 0.25) is 11.8 Å². The molecule has 0 unspecified atom stereocenters. The number of carbonyl (C=O) groups is 1. The smallest absolute Gasteiger partial charge is 0.422 e. The fourth-order valence-electron chi connectivity index (χ4n) is 1.67. The summed E-state index contributed by atoms with van der Waals surface area (Å²) in [6.45, 7) is -1.51. The summed E-state index contributed by atoms with van der Waals surface area (Å²) in [5.74, 6) is -0.783. The first kappa shape index (κ1) is 18.5. The van der Waals surface area contributed by atoms with Crippen LogP contribution in [0.3, 0.4) is 0 Å². The summed E-state index contributed by atoms with van der Waals surface area (Å²) < 4.78 is 41.9. The van der Waals surface area contributed by atoms with Crippen LogP contribution >= 0.6 is 27.5 Å². The predicted octanol–water partition coefficient (Wildman–Crippen LogP) is 4.01. The maximum Gasteiger partial charge on any atom is 0.422 e. The van der Waals surface area contributed by atoms with Crippen molar-refractivity contribution in [3.05, 3.63) is 45.8 Å². The highest BCUT2D eigenvalue weighted by molar-refractivity contribution is 9.10. The molecule has 2 rings (SSSR count). The van der Waals surface area contributed by atoms with Gasteiger partial charge in [-0.1, -0.05) is 17.7 Å². The molecular formula is C14H10BrClF3N3O2. The number of amides is 1. The Morgan fingerprint density at radius 2 is 2.04 bits per heavy atom. The standard InChI is InChI=1S/C14H10BrClF3N3O2/c15-9-4-10(13(21-6-9)24-7-14(17,18)19)22-12(23)3-8-1-2-11(16)20-5-8/h1-2,4-6H,3,7H2,(H,22,23). The Morgan fingerprint density at radius 3 is 2.67 bits per heavy atom. The summed E-state index contributed by atoms with van der Waals surface area (Å²) >= 11 is 8.79. The predicted molar refractivity (Wildman–Crippen MR) is 85.1 cm³/mol. The maximum atomic E-state index is 12.3. The minimum absolute atomic E-state index is 0.0283. The van der Waals surface area contributed by atoms with Crippen molar-refractivity contribution < 1.29 is 22.7 Å². The molecule has 1 amide bonds. The summed E-state index contributed by atoms with van der Waals surface area (Å²) in [5, 5.41) is 2.76. The van der Waals surface area contributed by atoms with Gasteiger partial charge in [0.05, 0.1) is 6.42 Å². The van der Waals surface area contributed by atoms with Crippen molar-refractivity contribution in [2.45, 2.75) is 12.6 Å². The summed E-state index contributed by atoms with van der Waals surface area (Å²) in [7, 11) is 0. The topological polar surface area (TPSA) is 64.1 Å². The lowest BCUT2D eigenvalue weighted by molar-refractivity contribution is -0.153. The number of carbonyl (C=O) groups excluding carboxylic acids is 1. The molecule has 1 N–H and O–H groups in total. The number of nitrogens with zero attached hydrogens (tertiary/aromatic N) is 2. The molecule has 24 heavy (non-hydrogen) atoms. The first-order valence-electron chi connectivity index (χ1n) is 6.48. The molecule has 0 spiro atoms. The van der Waals surface area contributed by atoms with E-state index in [1.165, 1.54) is 24.5 Å². The molecule has 0 bridgehead atoms. The first-order chi connectivity index (χ1) is 11.2. The van der Waals surface area contributed by atoms with Crippen LogP contribution in [-0.2, 0) is 11.2 Å². The number of rotatable bonds is 5. The van der Waals surface area contributed by atoms with Gasteiger partial charge < -0.3 is 10.1 Å². The van der Waals surface area contributed by atoms with Gasteiger partial charge in [0, 0.05) is 16.9 Å². The molecular weight excluding hydrogens is 415 g/mol. The number of pyridine rings is 2. The third-order valence-corrected chi connectivity index (χ3v) is 3.27. The van der Waals surface area contributed by atoms with Crippen LogP contribution in [0, 0.1) is 0 Å². The Bertz CT molecular complexity index is 726. The Balaban J connectivity index is 2.08. The van der Waals surface area contributed by atoms with Gasteiger partial charge in [-0.2, -0.15) is 13.2 Å². The van der Waals surface area contributed by atoms with E-state index in [2.05, 4.69) is 36.0 Å². The maximum absolute atomic E-state index is 12.3. The second kappa shape index (κ2) is 7.80. The molecule has 128 valence electrons. The van der Waals surface area contributed by atoms with Crippen molar-refractivity contribution in [1.82, 2.24) is 9.97 Å². The van der Waals surface area contributed by atoms with E-state index in [9.17, 15) is 18.0 Å². The van der Waals surface area contributed by atoms with Gasteiger partial charge >= 0.3 is 6.18 Å². The Hall–Kier alpha value is -1.87. The second-order valence-electron chi connectivity index (χ2n) is 4.62. The minimum Gasteiger partial charge on any atom is -0.467 e. The molecule has 0 saturated heterocycles. The zero-order valence-electron chi connectivity index (χ0n) is 11.9. The molecule has 10 heteroatoms. The molecule has 0 fully saturated rings. The molecule has 0 saturated carbocycles. The number of ether oxygens (including phenoxy) is 1. The van der Waals surface area contributed by atoms with E-state index in [0.29, 0.717) is 10.0 Å². The van der Waals surface area contributed by atoms with Crippen molar-refractivity contribution in [2.24, 2.45) is 0 Å². The van der Waals surface area contributed by atoms with Crippen LogP contribution in [0.1, 0.15) is 5.56 Å². The van der Waals surface area contributed by atoms with Crippen molar-refractivity contribution >= 4 is 39.1 Å². The van der Waals surface area contributed by atoms with E-state index in [1.807, 2.05) is 0 Å². The number of aromatic nitrogens is 2. The normalized spacial score (nSPS) is 11.2. The highest BCUT2D eigenvalue weighted by Crippen LogP contribution is 2.27. The average Bonchev–Trinajstić information content (AvgIpc) is 2.48. The van der Waals surface area contributed by atoms with Crippen LogP contribution in [0.25, 0.3) is 0 Å². The SMILES string of the molecule is O=C(Cc1ccc(Cl)nc1)Nc1cc(Br)cnc1OCC(F)(F)F. The number of nitrogens with one attached hydrogen (secondary N) is 1. The molecule has 0 aliphatic carbocycles. The monoisotopic (exact) mass is 423 g/mol. The van der Waals surface area contributed by atoms with Crippen LogP contribution < -0.4 is 10.1 Å². The fraction of sp³-hybridized carbons (Fsp3) is 0.214. The number of alkyl halides is 3. The molecule has 2 aromatic heterocycles. The molecule has 5 nitrogen and oxygen atoms in total. The van der Waals surface area contributed by atoms with Gasteiger partial charge in [-0.3, -0.25) is 4.79 Å². The summed E-state index contributed by atoms with van der Waals surface area (Å²) in [6.07, 6.45) is -1.84. The minimum atomic E-state index is -4.51. The zero-order valence-corrected chi connectivity index (χ0v) is 14.2. The van der Waals surface area contributed by atoms with E-state index in [4.69, 9.17) is 11.6 Å². The summed E-state index contributed by atoms with van der Waals surface area (Å²) in [4.78, 5) is 19.6. The number of hydrogen-bond acceptors (Lipinski definition) is 4. The Morgan fingerprint density at radius 1 is 1.29 bits per heavy atom. The summed E-state index contributed by atoms with van der Waals surface area (Å²) in [6, 6.07) is 4.55. The van der Waals surface area contributed by atoms with Crippen LogP contribution in [0.4, 0.5) is 18.9 Å². The highest BCUT2D eigenvalue weighted by Gasteiger charge is 2.29. The zero-order chi connectivity index (χ0) is 17.7. The fourth-order valence-corrected chi connectivity index (χ4v) is 2.12. The van der Waals surface area contributed by atoms with E-state index < -0.39 is 18.7 Å². The quantitative estimate of drug-likeness (QED) is 0.737. The molecule has 2 aromatic rings. The van der Waals surface area contributed by atoms with Crippen molar-refractivity contribution in [2.75, 3.05) is 11.9 Å². The average molecular weight is 425 g/mol. The molecule has 0 atom stereocenters. The van der Waals surface area contributed by atoms with Gasteiger partial charge in [-0.15, -0.1) is 0 Å². The summed E-state index contributed by atoms with van der Waals surface area (Å²) in [5.41, 5.74) is 0.623. The molecule has 0 aliphatic rings. The van der Waals surface area contributed by atoms with Gasteiger partial charge in [0.15, 0.2) is 6.61 Å². The first-order valence-corrected chi connectivity index (χ1v) is 7.65. The lowest BCUT2D eigenvalue weighted by atomic mass is 10.2. The highest BCUT2D eigenvalue weighted by atomic mass is 79.9. The van der Waals surface area contributed by atoms with E-state index in [1.54, 1.807) is 6.07 Å². The third-order valence-electron chi connectivity index (χ3n) is 2.62. The Labute approximate surface area is 148 Å². The number of hydrogen-bond donors (Lipinski definition) is 1. The second-order valence-corrected chi connectivity index (χ2v) is 5.93. The van der Waals surface area contributed by atoms with Gasteiger partial charge in [-0.25, -0.2) is 9.97 Å². The number of anilines is 1. The van der Waals surface area contributed by atoms with Gasteiger partial charge in [0.25, 0.3) is 0 Å². The van der Waals surface area contributed by atoms with E-state index in [0.717, 1.165) is 0 Å². The van der Waals surface area contributed by atoms with Crippen molar-refractivity contribution in [1.29, 1.82) is 0 Å². The lowest BCUT2D eigenvalue weighted by Gasteiger charge is -2.13. The van der Waals surface area contributed by atoms with Crippen LogP contribution in [0.2, 0.25) is 5.15 Å². The van der Waals surface area contributed by atoms with Gasteiger partial charge in [-0.05, 0) is 33.6 Å². The molecule has 0 aliphatic heterocycles. The van der Waals surface area contributed by atoms with Crippen LogP contribution in [0.5, 0.6) is 5.88 Å². The van der Waals surface area contributed by atoms with Crippen LogP contribution in [0.15, 0.2) is 35.1 Å². The Kier molecular flexibility index (Phi) is 6.00. The molecule has 0 aromatic carbocycles. The molecule has 0 radical (unpaired) electrons. The van der Waals surface area contributed by atoms with Crippen LogP contribution in [-0.4, -0.2) is 28.7 Å². The van der Waals surface area contributed by atoms with E-state index >= 15 is 0 Å².